The molecule has 2 heterocycles. The number of rotatable bonds is 3. The van der Waals surface area contributed by atoms with Crippen LogP contribution < -0.4 is 0 Å². The van der Waals surface area contributed by atoms with E-state index in [-0.39, 0.29) is 0 Å². The van der Waals surface area contributed by atoms with Gasteiger partial charge in [0.25, 0.3) is 0 Å². The zero-order valence-electron chi connectivity index (χ0n) is 8.24. The molecule has 2 nitrogen and oxygen atoms in total. The average molecular weight is 287 g/mol. The molecule has 0 aliphatic heterocycles. The first-order chi connectivity index (χ1) is 7.16. The fourth-order valence-corrected chi connectivity index (χ4v) is 3.02. The van der Waals surface area contributed by atoms with Gasteiger partial charge in [0.1, 0.15) is 5.76 Å². The molecule has 4 heteroatoms. The second kappa shape index (κ2) is 4.51. The summed E-state index contributed by atoms with van der Waals surface area (Å²) in [7, 11) is 0. The van der Waals surface area contributed by atoms with Gasteiger partial charge in [-0.05, 0) is 41.1 Å². The van der Waals surface area contributed by atoms with Crippen molar-refractivity contribution < 1.29 is 9.52 Å². The minimum absolute atomic E-state index is 0.478. The fraction of sp³-hybridized carbons (Fsp3) is 0.273. The smallest absolute Gasteiger partial charge is 0.106 e. The van der Waals surface area contributed by atoms with Crippen LogP contribution in [-0.4, -0.2) is 5.11 Å². The van der Waals surface area contributed by atoms with Crippen molar-refractivity contribution in [3.05, 3.63) is 44.4 Å². The lowest BCUT2D eigenvalue weighted by Gasteiger charge is -2.07. The molecule has 0 bridgehead atoms. The van der Waals surface area contributed by atoms with Crippen LogP contribution in [0.25, 0.3) is 0 Å². The Kier molecular flexibility index (Phi) is 3.29. The van der Waals surface area contributed by atoms with Crippen LogP contribution in [0.5, 0.6) is 0 Å². The van der Waals surface area contributed by atoms with Gasteiger partial charge in [0.2, 0.25) is 0 Å². The van der Waals surface area contributed by atoms with Crippen LogP contribution in [0.2, 0.25) is 0 Å². The van der Waals surface area contributed by atoms with Gasteiger partial charge in [0, 0.05) is 16.9 Å². The molecule has 0 saturated heterocycles. The molecule has 2 aromatic rings. The van der Waals surface area contributed by atoms with Gasteiger partial charge in [-0.1, -0.05) is 0 Å². The van der Waals surface area contributed by atoms with E-state index in [1.165, 1.54) is 0 Å². The molecular formula is C11H11BrO2S. The van der Waals surface area contributed by atoms with Crippen molar-refractivity contribution in [2.24, 2.45) is 0 Å². The summed E-state index contributed by atoms with van der Waals surface area (Å²) >= 11 is 5.05. The van der Waals surface area contributed by atoms with Gasteiger partial charge in [-0.2, -0.15) is 0 Å². The number of thiophene rings is 1. The highest BCUT2D eigenvalue weighted by Gasteiger charge is 2.14. The Morgan fingerprint density at radius 1 is 1.47 bits per heavy atom. The van der Waals surface area contributed by atoms with Crippen molar-refractivity contribution in [2.45, 2.75) is 19.4 Å². The monoisotopic (exact) mass is 286 g/mol. The van der Waals surface area contributed by atoms with Crippen LogP contribution in [-0.2, 0) is 6.42 Å². The topological polar surface area (TPSA) is 33.4 Å². The van der Waals surface area contributed by atoms with Gasteiger partial charge in [-0.15, -0.1) is 11.3 Å². The molecular weight excluding hydrogens is 276 g/mol. The first kappa shape index (κ1) is 10.9. The minimum atomic E-state index is -0.478. The largest absolute Gasteiger partial charge is 0.469 e. The number of halogens is 1. The molecule has 2 aromatic heterocycles. The zero-order valence-corrected chi connectivity index (χ0v) is 10.6. The lowest BCUT2D eigenvalue weighted by molar-refractivity contribution is 0.177. The number of aryl methyl sites for hydroxylation is 1. The highest BCUT2D eigenvalue weighted by molar-refractivity contribution is 9.11. The Labute approximate surface area is 101 Å². The molecule has 15 heavy (non-hydrogen) atoms. The quantitative estimate of drug-likeness (QED) is 0.934. The maximum atomic E-state index is 9.98. The molecule has 1 unspecified atom stereocenters. The van der Waals surface area contributed by atoms with Gasteiger partial charge >= 0.3 is 0 Å². The van der Waals surface area contributed by atoms with E-state index in [2.05, 4.69) is 15.9 Å². The van der Waals surface area contributed by atoms with Gasteiger partial charge in [-0.25, -0.2) is 0 Å². The van der Waals surface area contributed by atoms with Gasteiger partial charge in [0.15, 0.2) is 0 Å². The molecule has 2 rings (SSSR count). The predicted molar refractivity (Wildman–Crippen MR) is 64.1 cm³/mol. The van der Waals surface area contributed by atoms with E-state index in [0.29, 0.717) is 6.42 Å². The Morgan fingerprint density at radius 3 is 2.80 bits per heavy atom. The maximum absolute atomic E-state index is 9.98. The Balaban J connectivity index is 2.10. The van der Waals surface area contributed by atoms with E-state index in [0.717, 1.165) is 20.0 Å². The van der Waals surface area contributed by atoms with Crippen LogP contribution in [0.4, 0.5) is 0 Å². The van der Waals surface area contributed by atoms with Crippen LogP contribution in [0.3, 0.4) is 0 Å². The summed E-state index contributed by atoms with van der Waals surface area (Å²) in [5, 5.41) is 9.98. The molecule has 0 aliphatic carbocycles. The lowest BCUT2D eigenvalue weighted by Crippen LogP contribution is -2.00. The molecule has 80 valence electrons. The standard InChI is InChI=1S/C11H11BrO2S/c1-7-9(4-5-14-7)10(13)6-8-2-3-11(12)15-8/h2-5,10,13H,6H2,1H3. The van der Waals surface area contributed by atoms with E-state index in [9.17, 15) is 5.11 Å². The number of aliphatic hydroxyl groups is 1. The molecule has 0 radical (unpaired) electrons. The molecule has 1 N–H and O–H groups in total. The highest BCUT2D eigenvalue weighted by atomic mass is 79.9. The highest BCUT2D eigenvalue weighted by Crippen LogP contribution is 2.28. The van der Waals surface area contributed by atoms with E-state index < -0.39 is 6.10 Å². The summed E-state index contributed by atoms with van der Waals surface area (Å²) in [6.45, 7) is 1.86. The number of aliphatic hydroxyl groups excluding tert-OH is 1. The van der Waals surface area contributed by atoms with E-state index in [1.54, 1.807) is 17.6 Å². The minimum Gasteiger partial charge on any atom is -0.469 e. The molecule has 0 spiro atoms. The third-order valence-electron chi connectivity index (χ3n) is 2.28. The Bertz CT molecular complexity index is 447. The van der Waals surface area contributed by atoms with Crippen molar-refractivity contribution in [3.63, 3.8) is 0 Å². The van der Waals surface area contributed by atoms with Crippen molar-refractivity contribution in [3.8, 4) is 0 Å². The van der Waals surface area contributed by atoms with E-state index in [1.807, 2.05) is 25.1 Å². The normalized spacial score (nSPS) is 13.0. The summed E-state index contributed by atoms with van der Waals surface area (Å²) < 4.78 is 6.25. The Hall–Kier alpha value is -0.580. The molecule has 0 aliphatic rings. The third kappa shape index (κ3) is 2.51. The summed E-state index contributed by atoms with van der Waals surface area (Å²) in [5.74, 6) is 0.790. The maximum Gasteiger partial charge on any atom is 0.106 e. The molecule has 0 aromatic carbocycles. The van der Waals surface area contributed by atoms with Crippen molar-refractivity contribution in [2.75, 3.05) is 0 Å². The number of hydrogen-bond acceptors (Lipinski definition) is 3. The van der Waals surface area contributed by atoms with Crippen molar-refractivity contribution >= 4 is 27.3 Å². The van der Waals surface area contributed by atoms with E-state index in [4.69, 9.17) is 4.42 Å². The summed E-state index contributed by atoms with van der Waals surface area (Å²) in [6, 6.07) is 5.84. The Morgan fingerprint density at radius 2 is 2.27 bits per heavy atom. The molecule has 0 fully saturated rings. The van der Waals surface area contributed by atoms with Crippen LogP contribution in [0.1, 0.15) is 22.3 Å². The number of furan rings is 1. The van der Waals surface area contributed by atoms with Crippen molar-refractivity contribution in [1.29, 1.82) is 0 Å². The van der Waals surface area contributed by atoms with Gasteiger partial charge in [0.05, 0.1) is 16.2 Å². The van der Waals surface area contributed by atoms with Crippen LogP contribution >= 0.6 is 27.3 Å². The van der Waals surface area contributed by atoms with Crippen LogP contribution in [0, 0.1) is 6.92 Å². The molecule has 0 amide bonds. The van der Waals surface area contributed by atoms with Crippen LogP contribution in [0.15, 0.2) is 32.7 Å². The first-order valence-corrected chi connectivity index (χ1v) is 6.24. The fourth-order valence-electron chi connectivity index (χ4n) is 1.50. The summed E-state index contributed by atoms with van der Waals surface area (Å²) in [5.41, 5.74) is 0.875. The summed E-state index contributed by atoms with van der Waals surface area (Å²) in [6.07, 6.45) is 1.77. The lowest BCUT2D eigenvalue weighted by atomic mass is 10.1. The SMILES string of the molecule is Cc1occc1C(O)Cc1ccc(Br)s1. The van der Waals surface area contributed by atoms with Gasteiger partial charge in [-0.3, -0.25) is 0 Å². The zero-order chi connectivity index (χ0) is 10.8. The second-order valence-corrected chi connectivity index (χ2v) is 5.91. The van der Waals surface area contributed by atoms with E-state index >= 15 is 0 Å². The summed E-state index contributed by atoms with van der Waals surface area (Å²) in [4.78, 5) is 1.16. The van der Waals surface area contributed by atoms with Crippen molar-refractivity contribution in [1.82, 2.24) is 0 Å². The average Bonchev–Trinajstić information content (AvgIpc) is 2.75. The molecule has 0 saturated carbocycles. The predicted octanol–water partition coefficient (Wildman–Crippen LogP) is 3.69. The third-order valence-corrected chi connectivity index (χ3v) is 3.93. The second-order valence-electron chi connectivity index (χ2n) is 3.36. The van der Waals surface area contributed by atoms with Gasteiger partial charge < -0.3 is 9.52 Å². The molecule has 1 atom stereocenters. The first-order valence-electron chi connectivity index (χ1n) is 4.63. The number of hydrogen-bond donors (Lipinski definition) is 1.